The third kappa shape index (κ3) is 16.6. The molecule has 0 aliphatic rings. The van der Waals surface area contributed by atoms with Crippen LogP contribution in [0.4, 0.5) is 11.4 Å². The first-order valence-corrected chi connectivity index (χ1v) is 15.7. The van der Waals surface area contributed by atoms with E-state index in [4.69, 9.17) is 9.84 Å². The second-order valence-electron chi connectivity index (χ2n) is 10.7. The maximum atomic E-state index is 8.81. The average Bonchev–Trinajstić information content (AvgIpc) is 2.95. The van der Waals surface area contributed by atoms with Crippen molar-refractivity contribution >= 4 is 11.4 Å². The number of aliphatic hydroxyl groups is 1. The molecule has 0 saturated carbocycles. The Labute approximate surface area is 233 Å². The Bertz CT molecular complexity index is 817. The molecule has 0 aromatic heterocycles. The zero-order valence-corrected chi connectivity index (χ0v) is 24.2. The van der Waals surface area contributed by atoms with Crippen molar-refractivity contribution in [2.75, 3.05) is 13.2 Å². The van der Waals surface area contributed by atoms with Gasteiger partial charge in [0.15, 0.2) is 0 Å². The fourth-order valence-electron chi connectivity index (χ4n) is 4.73. The molecule has 1 N–H and O–H groups in total. The van der Waals surface area contributed by atoms with Gasteiger partial charge >= 0.3 is 0 Å². The van der Waals surface area contributed by atoms with Crippen LogP contribution in [0.5, 0.6) is 5.75 Å². The summed E-state index contributed by atoms with van der Waals surface area (Å²) in [6.07, 6.45) is 24.8. The van der Waals surface area contributed by atoms with Crippen LogP contribution in [0.25, 0.3) is 0 Å². The Morgan fingerprint density at radius 1 is 0.526 bits per heavy atom. The molecule has 2 aromatic carbocycles. The lowest BCUT2D eigenvalue weighted by Crippen LogP contribution is -1.97. The second kappa shape index (κ2) is 22.8. The maximum absolute atomic E-state index is 8.81. The monoisotopic (exact) mass is 522 g/mol. The van der Waals surface area contributed by atoms with Gasteiger partial charge in [-0.2, -0.15) is 10.2 Å². The summed E-state index contributed by atoms with van der Waals surface area (Å²) in [4.78, 5) is 0. The summed E-state index contributed by atoms with van der Waals surface area (Å²) in [5, 5.41) is 17.6. The fourth-order valence-corrected chi connectivity index (χ4v) is 4.73. The number of hydrogen-bond donors (Lipinski definition) is 1. The van der Waals surface area contributed by atoms with Crippen LogP contribution in [0.2, 0.25) is 0 Å². The van der Waals surface area contributed by atoms with Crippen molar-refractivity contribution in [3.63, 3.8) is 0 Å². The first kappa shape index (κ1) is 32.0. The number of hydrogen-bond acceptors (Lipinski definition) is 4. The van der Waals surface area contributed by atoms with Crippen molar-refractivity contribution in [1.82, 2.24) is 0 Å². The van der Waals surface area contributed by atoms with E-state index in [9.17, 15) is 0 Å². The zero-order valence-electron chi connectivity index (χ0n) is 24.2. The molecule has 0 aliphatic carbocycles. The smallest absolute Gasteiger partial charge is 0.119 e. The van der Waals surface area contributed by atoms with Crippen molar-refractivity contribution in [2.45, 2.75) is 129 Å². The minimum absolute atomic E-state index is 0.278. The highest BCUT2D eigenvalue weighted by molar-refractivity contribution is 5.43. The van der Waals surface area contributed by atoms with Gasteiger partial charge in [-0.1, -0.05) is 109 Å². The van der Waals surface area contributed by atoms with E-state index in [2.05, 4.69) is 41.4 Å². The number of rotatable bonds is 24. The Hall–Kier alpha value is -2.20. The third-order valence-electron chi connectivity index (χ3n) is 7.19. The number of azo groups is 1. The molecule has 0 radical (unpaired) electrons. The van der Waals surface area contributed by atoms with E-state index in [0.29, 0.717) is 6.61 Å². The second-order valence-corrected chi connectivity index (χ2v) is 10.7. The fraction of sp³-hybridized carbons (Fsp3) is 0.647. The van der Waals surface area contributed by atoms with Crippen molar-refractivity contribution in [1.29, 1.82) is 0 Å². The molecule has 0 spiro atoms. The summed E-state index contributed by atoms with van der Waals surface area (Å²) < 4.78 is 5.77. The number of nitrogens with zero attached hydrogens (tertiary/aromatic N) is 2. The molecule has 0 heterocycles. The zero-order chi connectivity index (χ0) is 26.9. The molecule has 0 amide bonds. The van der Waals surface area contributed by atoms with Crippen LogP contribution in [0.15, 0.2) is 58.8 Å². The quantitative estimate of drug-likeness (QED) is 0.110. The van der Waals surface area contributed by atoms with Crippen molar-refractivity contribution in [3.8, 4) is 5.75 Å². The van der Waals surface area contributed by atoms with E-state index in [0.717, 1.165) is 49.2 Å². The number of unbranched alkanes of at least 4 members (excludes halogenated alkanes) is 16. The molecule has 0 bridgehead atoms. The van der Waals surface area contributed by atoms with Crippen LogP contribution in [0.3, 0.4) is 0 Å². The van der Waals surface area contributed by atoms with Crippen molar-refractivity contribution in [2.24, 2.45) is 10.2 Å². The number of aryl methyl sites for hydroxylation is 1. The van der Waals surface area contributed by atoms with Crippen LogP contribution < -0.4 is 4.74 Å². The molecular weight excluding hydrogens is 468 g/mol. The van der Waals surface area contributed by atoms with Crippen molar-refractivity contribution < 1.29 is 9.84 Å². The first-order chi connectivity index (χ1) is 18.8. The summed E-state index contributed by atoms with van der Waals surface area (Å²) in [5.41, 5.74) is 3.10. The Morgan fingerprint density at radius 2 is 0.974 bits per heavy atom. The molecule has 0 atom stereocenters. The van der Waals surface area contributed by atoms with Gasteiger partial charge in [-0.05, 0) is 74.1 Å². The summed E-state index contributed by atoms with van der Waals surface area (Å²) in [6.45, 7) is 3.27. The van der Waals surface area contributed by atoms with Gasteiger partial charge in [-0.25, -0.2) is 0 Å². The van der Waals surface area contributed by atoms with Gasteiger partial charge in [0.2, 0.25) is 0 Å². The topological polar surface area (TPSA) is 54.2 Å². The van der Waals surface area contributed by atoms with E-state index in [1.807, 2.05) is 24.3 Å². The minimum atomic E-state index is 0.278. The van der Waals surface area contributed by atoms with Gasteiger partial charge in [0.05, 0.1) is 18.0 Å². The predicted molar refractivity (Wildman–Crippen MR) is 162 cm³/mol. The van der Waals surface area contributed by atoms with Gasteiger partial charge in [-0.15, -0.1) is 0 Å². The van der Waals surface area contributed by atoms with Gasteiger partial charge in [0.1, 0.15) is 5.75 Å². The molecule has 0 fully saturated rings. The van der Waals surface area contributed by atoms with Gasteiger partial charge < -0.3 is 9.84 Å². The molecule has 2 aromatic rings. The number of ether oxygens (including phenoxy) is 1. The van der Waals surface area contributed by atoms with E-state index in [-0.39, 0.29) is 6.61 Å². The average molecular weight is 523 g/mol. The lowest BCUT2D eigenvalue weighted by Gasteiger charge is -2.06. The first-order valence-electron chi connectivity index (χ1n) is 15.7. The molecule has 0 aliphatic heterocycles. The highest BCUT2D eigenvalue weighted by Gasteiger charge is 1.99. The molecule has 0 unspecified atom stereocenters. The highest BCUT2D eigenvalue weighted by Crippen LogP contribution is 2.22. The molecule has 2 rings (SSSR count). The van der Waals surface area contributed by atoms with Crippen LogP contribution in [0.1, 0.15) is 128 Å². The van der Waals surface area contributed by atoms with Gasteiger partial charge in [-0.3, -0.25) is 0 Å². The number of aliphatic hydroxyl groups excluding tert-OH is 1. The minimum Gasteiger partial charge on any atom is -0.494 e. The third-order valence-corrected chi connectivity index (χ3v) is 7.19. The number of benzene rings is 2. The molecule has 4 nitrogen and oxygen atoms in total. The molecule has 4 heteroatoms. The van der Waals surface area contributed by atoms with E-state index >= 15 is 0 Å². The predicted octanol–water partition coefficient (Wildman–Crippen LogP) is 11.1. The van der Waals surface area contributed by atoms with Crippen LogP contribution in [0, 0.1) is 0 Å². The van der Waals surface area contributed by atoms with E-state index < -0.39 is 0 Å². The SMILES string of the molecule is CCCCCCCCCCCCCCCCc1ccc(N=Nc2ccc(OCCCCCCO)cc2)cc1. The summed E-state index contributed by atoms with van der Waals surface area (Å²) in [5.74, 6) is 0.860. The van der Waals surface area contributed by atoms with E-state index in [1.165, 1.54) is 95.5 Å². The van der Waals surface area contributed by atoms with Gasteiger partial charge in [0.25, 0.3) is 0 Å². The molecular formula is C34H54N2O2. The maximum Gasteiger partial charge on any atom is 0.119 e. The summed E-state index contributed by atoms with van der Waals surface area (Å²) >= 11 is 0. The van der Waals surface area contributed by atoms with Crippen molar-refractivity contribution in [3.05, 3.63) is 54.1 Å². The lowest BCUT2D eigenvalue weighted by atomic mass is 10.0. The summed E-state index contributed by atoms with van der Waals surface area (Å²) in [6, 6.07) is 16.3. The largest absolute Gasteiger partial charge is 0.494 e. The lowest BCUT2D eigenvalue weighted by molar-refractivity contribution is 0.273. The molecule has 0 saturated heterocycles. The standard InChI is InChI=1S/C34H54N2O2/c1-2-3-4-5-6-7-8-9-10-11-12-13-14-17-20-31-21-23-32(24-22-31)35-36-33-25-27-34(28-26-33)38-30-19-16-15-18-29-37/h21-28,37H,2-20,29-30H2,1H3. The van der Waals surface area contributed by atoms with E-state index in [1.54, 1.807) is 0 Å². The van der Waals surface area contributed by atoms with Gasteiger partial charge in [0, 0.05) is 6.61 Å². The summed E-state index contributed by atoms with van der Waals surface area (Å²) in [7, 11) is 0. The normalized spacial score (nSPS) is 11.4. The molecule has 38 heavy (non-hydrogen) atoms. The van der Waals surface area contributed by atoms with Crippen LogP contribution >= 0.6 is 0 Å². The highest BCUT2D eigenvalue weighted by atomic mass is 16.5. The van der Waals surface area contributed by atoms with Crippen LogP contribution in [-0.4, -0.2) is 18.3 Å². The molecule has 212 valence electrons. The van der Waals surface area contributed by atoms with Crippen LogP contribution in [-0.2, 0) is 6.42 Å². The Morgan fingerprint density at radius 3 is 1.50 bits per heavy atom. The Kier molecular flexibility index (Phi) is 19.2. The Balaban J connectivity index is 1.49.